The van der Waals surface area contributed by atoms with Crippen LogP contribution in [0.25, 0.3) is 21.7 Å². The summed E-state index contributed by atoms with van der Waals surface area (Å²) >= 11 is 0. The van der Waals surface area contributed by atoms with Crippen molar-refractivity contribution in [3.63, 3.8) is 0 Å². The number of methoxy groups -OCH3 is 2. The Balaban J connectivity index is 1.28. The van der Waals surface area contributed by atoms with Gasteiger partial charge in [0.05, 0.1) is 25.3 Å². The maximum Gasteiger partial charge on any atom is 0.252 e. The minimum Gasteiger partial charge on any atom is -0.493 e. The average Bonchev–Trinajstić information content (AvgIpc) is 2.95. The molecule has 0 bridgehead atoms. The number of carbonyl (C=O) groups excluding carboxylic acids is 1. The predicted octanol–water partition coefficient (Wildman–Crippen LogP) is 5.95. The molecule has 0 spiro atoms. The van der Waals surface area contributed by atoms with Crippen molar-refractivity contribution in [1.29, 1.82) is 0 Å². The summed E-state index contributed by atoms with van der Waals surface area (Å²) in [5.74, 6) is 1.34. The van der Waals surface area contributed by atoms with E-state index in [1.54, 1.807) is 32.5 Å². The van der Waals surface area contributed by atoms with E-state index >= 15 is 0 Å². The minimum absolute atomic E-state index is 0.0584. The van der Waals surface area contributed by atoms with Crippen molar-refractivity contribution in [2.45, 2.75) is 6.10 Å². The summed E-state index contributed by atoms with van der Waals surface area (Å²) in [6.07, 6.45) is 1.18. The van der Waals surface area contributed by atoms with Crippen LogP contribution in [0, 0.1) is 5.82 Å². The molecule has 0 fully saturated rings. The summed E-state index contributed by atoms with van der Waals surface area (Å²) in [5, 5.41) is 2.69. The maximum absolute atomic E-state index is 13.9. The summed E-state index contributed by atoms with van der Waals surface area (Å²) in [6, 6.07) is 19.3. The van der Waals surface area contributed by atoms with Gasteiger partial charge < -0.3 is 29.4 Å². The molecule has 1 aliphatic heterocycles. The summed E-state index contributed by atoms with van der Waals surface area (Å²) in [6.45, 7) is 0.157. The lowest BCUT2D eigenvalue weighted by Gasteiger charge is -2.28. The second-order valence-electron chi connectivity index (χ2n) is 8.97. The van der Waals surface area contributed by atoms with Gasteiger partial charge >= 0.3 is 0 Å². The largest absolute Gasteiger partial charge is 0.493 e. The van der Waals surface area contributed by atoms with E-state index in [9.17, 15) is 9.18 Å². The molecule has 0 radical (unpaired) electrons. The van der Waals surface area contributed by atoms with Gasteiger partial charge in [-0.05, 0) is 52.7 Å². The second-order valence-corrected chi connectivity index (χ2v) is 8.97. The molecule has 1 atom stereocenters. The highest BCUT2D eigenvalue weighted by Crippen LogP contribution is 2.41. The molecule has 2 heterocycles. The van der Waals surface area contributed by atoms with E-state index in [1.807, 2.05) is 42.5 Å². The van der Waals surface area contributed by atoms with Crippen LogP contribution >= 0.6 is 0 Å². The van der Waals surface area contributed by atoms with Gasteiger partial charge in [-0.1, -0.05) is 18.2 Å². The van der Waals surface area contributed by atoms with Crippen LogP contribution in [0.4, 0.5) is 4.39 Å². The van der Waals surface area contributed by atoms with Crippen LogP contribution < -0.4 is 29.4 Å². The number of amides is 1. The fraction of sp³-hybridized carbons (Fsp3) is 0.133. The number of hydrogen-bond acceptors (Lipinski definition) is 7. The third kappa shape index (κ3) is 4.48. The summed E-state index contributed by atoms with van der Waals surface area (Å²) < 4.78 is 42.7. The predicted molar refractivity (Wildman–Crippen MR) is 143 cm³/mol. The molecule has 1 aromatic heterocycles. The Bertz CT molecular complexity index is 1760. The fourth-order valence-electron chi connectivity index (χ4n) is 4.66. The summed E-state index contributed by atoms with van der Waals surface area (Å²) in [7, 11) is 3.16. The van der Waals surface area contributed by atoms with E-state index in [1.165, 1.54) is 6.07 Å². The van der Waals surface area contributed by atoms with E-state index in [4.69, 9.17) is 29.4 Å². The molecular formula is C30H23FN2O6. The number of halogens is 1. The van der Waals surface area contributed by atoms with Crippen LogP contribution in [0.3, 0.4) is 0 Å². The smallest absolute Gasteiger partial charge is 0.252 e. The van der Waals surface area contributed by atoms with Crippen molar-refractivity contribution in [2.75, 3.05) is 20.8 Å². The first-order valence-corrected chi connectivity index (χ1v) is 12.1. The number of benzene rings is 4. The first-order chi connectivity index (χ1) is 18.9. The Morgan fingerprint density at radius 2 is 1.72 bits per heavy atom. The zero-order valence-corrected chi connectivity index (χ0v) is 21.1. The molecule has 0 aliphatic carbocycles. The number of hydrogen-bond donors (Lipinski definition) is 1. The Morgan fingerprint density at radius 1 is 0.949 bits per heavy atom. The van der Waals surface area contributed by atoms with Gasteiger partial charge in [-0.25, -0.2) is 4.39 Å². The fourth-order valence-corrected chi connectivity index (χ4v) is 4.66. The minimum atomic E-state index is -0.791. The standard InChI is InChI=1S/C30H23FN2O6/c1-35-25-13-21-23(14-26(25)36-2)33-8-7-24(21)38-20-6-5-16-9-18(4-3-17(16)10-20)28-15-37-27-12-19(31)11-22(30(32)34)29(27)39-28/h3-14,28H,15H2,1-2H3,(H2,32,34). The Morgan fingerprint density at radius 3 is 2.51 bits per heavy atom. The molecule has 9 heteroatoms. The summed E-state index contributed by atoms with van der Waals surface area (Å²) in [4.78, 5) is 16.3. The molecule has 0 saturated heterocycles. The van der Waals surface area contributed by atoms with Crippen molar-refractivity contribution >= 4 is 27.6 Å². The van der Waals surface area contributed by atoms with Crippen molar-refractivity contribution in [2.24, 2.45) is 5.73 Å². The molecule has 2 N–H and O–H groups in total. The quantitative estimate of drug-likeness (QED) is 0.292. The molecule has 6 rings (SSSR count). The molecule has 4 aromatic carbocycles. The van der Waals surface area contributed by atoms with Gasteiger partial charge in [-0.15, -0.1) is 0 Å². The number of nitrogens with two attached hydrogens (primary N) is 1. The van der Waals surface area contributed by atoms with Crippen LogP contribution in [0.1, 0.15) is 22.0 Å². The highest BCUT2D eigenvalue weighted by atomic mass is 19.1. The SMILES string of the molecule is COc1cc2nccc(Oc3ccc4cc(C5COc6cc(F)cc(C(N)=O)c6O5)ccc4c3)c2cc1OC. The molecule has 196 valence electrons. The van der Waals surface area contributed by atoms with Gasteiger partial charge in [0.1, 0.15) is 23.9 Å². The van der Waals surface area contributed by atoms with Gasteiger partial charge in [0.2, 0.25) is 0 Å². The van der Waals surface area contributed by atoms with Gasteiger partial charge in [0, 0.05) is 23.7 Å². The van der Waals surface area contributed by atoms with Crippen LogP contribution in [-0.4, -0.2) is 31.7 Å². The van der Waals surface area contributed by atoms with Gasteiger partial charge in [0.25, 0.3) is 5.91 Å². The molecule has 1 aliphatic rings. The molecule has 5 aromatic rings. The Kier molecular flexibility index (Phi) is 6.03. The van der Waals surface area contributed by atoms with Gasteiger partial charge in [0.15, 0.2) is 29.1 Å². The van der Waals surface area contributed by atoms with Crippen molar-refractivity contribution in [3.05, 3.63) is 89.9 Å². The third-order valence-corrected chi connectivity index (χ3v) is 6.58. The van der Waals surface area contributed by atoms with Gasteiger partial charge in [-0.2, -0.15) is 0 Å². The molecule has 8 nitrogen and oxygen atoms in total. The van der Waals surface area contributed by atoms with Crippen LogP contribution in [0.15, 0.2) is 72.9 Å². The number of rotatable bonds is 6. The van der Waals surface area contributed by atoms with Crippen molar-refractivity contribution in [1.82, 2.24) is 4.98 Å². The molecule has 1 unspecified atom stereocenters. The van der Waals surface area contributed by atoms with Gasteiger partial charge in [-0.3, -0.25) is 9.78 Å². The number of pyridine rings is 1. The van der Waals surface area contributed by atoms with E-state index in [-0.39, 0.29) is 23.7 Å². The Hall–Kier alpha value is -5.05. The van der Waals surface area contributed by atoms with Crippen molar-refractivity contribution in [3.8, 4) is 34.5 Å². The molecule has 39 heavy (non-hydrogen) atoms. The van der Waals surface area contributed by atoms with E-state index < -0.39 is 17.8 Å². The number of primary amides is 1. The van der Waals surface area contributed by atoms with Crippen molar-refractivity contribution < 1.29 is 32.9 Å². The highest BCUT2D eigenvalue weighted by molar-refractivity contribution is 5.96. The number of nitrogens with zero attached hydrogens (tertiary/aromatic N) is 1. The first-order valence-electron chi connectivity index (χ1n) is 12.1. The van der Waals surface area contributed by atoms with E-state index in [0.29, 0.717) is 28.5 Å². The highest BCUT2D eigenvalue weighted by Gasteiger charge is 2.28. The molecular weight excluding hydrogens is 503 g/mol. The normalized spacial score (nSPS) is 14.3. The van der Waals surface area contributed by atoms with E-state index in [0.717, 1.165) is 27.8 Å². The average molecular weight is 527 g/mol. The Labute approximate surface area is 222 Å². The number of ether oxygens (including phenoxy) is 5. The maximum atomic E-state index is 13.9. The third-order valence-electron chi connectivity index (χ3n) is 6.58. The van der Waals surface area contributed by atoms with Crippen LogP contribution in [0.5, 0.6) is 34.5 Å². The zero-order chi connectivity index (χ0) is 27.1. The molecule has 1 amide bonds. The summed E-state index contributed by atoms with van der Waals surface area (Å²) in [5.41, 5.74) is 6.92. The zero-order valence-electron chi connectivity index (χ0n) is 21.1. The van der Waals surface area contributed by atoms with E-state index in [2.05, 4.69) is 4.98 Å². The number of fused-ring (bicyclic) bond motifs is 3. The number of aromatic nitrogens is 1. The lowest BCUT2D eigenvalue weighted by molar-refractivity contribution is 0.0851. The lowest BCUT2D eigenvalue weighted by atomic mass is 10.0. The van der Waals surface area contributed by atoms with Crippen LogP contribution in [-0.2, 0) is 0 Å². The lowest BCUT2D eigenvalue weighted by Crippen LogP contribution is -2.24. The second kappa shape index (κ2) is 9.68. The van der Waals surface area contributed by atoms with Crippen LogP contribution in [0.2, 0.25) is 0 Å². The monoisotopic (exact) mass is 526 g/mol. The molecule has 0 saturated carbocycles. The first kappa shape index (κ1) is 24.3. The topological polar surface area (TPSA) is 102 Å². The number of carbonyl (C=O) groups is 1.